The third kappa shape index (κ3) is 3.67. The van der Waals surface area contributed by atoms with Crippen LogP contribution in [0.1, 0.15) is 50.6 Å². The first kappa shape index (κ1) is 19.3. The number of benzene rings is 1. The Morgan fingerprint density at radius 2 is 2.00 bits per heavy atom. The van der Waals surface area contributed by atoms with E-state index in [1.54, 1.807) is 11.5 Å². The summed E-state index contributed by atoms with van der Waals surface area (Å²) in [5.41, 5.74) is 0.818. The number of carbonyl (C=O) groups is 1. The minimum Gasteiger partial charge on any atom is -0.461 e. The van der Waals surface area contributed by atoms with Crippen LogP contribution in [0.5, 0.6) is 0 Å². The van der Waals surface area contributed by atoms with E-state index in [4.69, 9.17) is 4.74 Å². The monoisotopic (exact) mass is 369 g/mol. The molecule has 0 amide bonds. The molecule has 0 fully saturated rings. The van der Waals surface area contributed by atoms with Crippen molar-refractivity contribution < 1.29 is 9.53 Å². The van der Waals surface area contributed by atoms with E-state index in [0.717, 1.165) is 18.5 Å². The van der Waals surface area contributed by atoms with Crippen LogP contribution in [-0.2, 0) is 4.74 Å². The molecule has 1 aliphatic heterocycles. The zero-order valence-corrected chi connectivity index (χ0v) is 16.4. The minimum absolute atomic E-state index is 0.0902. The number of carbonyl (C=O) groups excluding carboxylic acids is 1. The number of hydrogen-bond donors (Lipinski definition) is 0. The summed E-state index contributed by atoms with van der Waals surface area (Å²) >= 11 is 0. The Balaban J connectivity index is 2.04. The molecule has 0 spiro atoms. The first-order chi connectivity index (χ1) is 13.0. The molecule has 6 nitrogen and oxygen atoms in total. The highest BCUT2D eigenvalue weighted by atomic mass is 16.5. The lowest BCUT2D eigenvalue weighted by atomic mass is 10.1. The van der Waals surface area contributed by atoms with Gasteiger partial charge in [-0.3, -0.25) is 9.69 Å². The highest BCUT2D eigenvalue weighted by Gasteiger charge is 2.28. The van der Waals surface area contributed by atoms with Gasteiger partial charge in [0.15, 0.2) is 0 Å². The van der Waals surface area contributed by atoms with E-state index in [2.05, 4.69) is 35.9 Å². The van der Waals surface area contributed by atoms with E-state index in [1.165, 1.54) is 0 Å². The molecular formula is C21H27N3O3. The number of esters is 1. The fourth-order valence-electron chi connectivity index (χ4n) is 3.93. The summed E-state index contributed by atoms with van der Waals surface area (Å²) < 4.78 is 6.73. The van der Waals surface area contributed by atoms with Gasteiger partial charge in [-0.1, -0.05) is 31.2 Å². The van der Waals surface area contributed by atoms with Gasteiger partial charge in [0, 0.05) is 18.1 Å². The van der Waals surface area contributed by atoms with Crippen LogP contribution in [0.4, 0.5) is 0 Å². The molecule has 6 heteroatoms. The van der Waals surface area contributed by atoms with Crippen molar-refractivity contribution in [3.05, 3.63) is 52.5 Å². The molecule has 1 aromatic carbocycles. The molecule has 144 valence electrons. The lowest BCUT2D eigenvalue weighted by Gasteiger charge is -2.30. The van der Waals surface area contributed by atoms with Crippen LogP contribution in [0.3, 0.4) is 0 Å². The largest absolute Gasteiger partial charge is 0.461 e. The van der Waals surface area contributed by atoms with Crippen LogP contribution in [0.15, 0.2) is 41.2 Å². The lowest BCUT2D eigenvalue weighted by Crippen LogP contribution is -2.38. The van der Waals surface area contributed by atoms with Gasteiger partial charge in [-0.05, 0) is 45.9 Å². The second-order valence-electron chi connectivity index (χ2n) is 6.95. The highest BCUT2D eigenvalue weighted by molar-refractivity contribution is 5.89. The summed E-state index contributed by atoms with van der Waals surface area (Å²) in [6, 6.07) is 8.00. The number of nitrogens with zero attached hydrogens (tertiary/aromatic N) is 3. The van der Waals surface area contributed by atoms with E-state index in [-0.39, 0.29) is 24.4 Å². The van der Waals surface area contributed by atoms with Gasteiger partial charge in [-0.25, -0.2) is 9.78 Å². The van der Waals surface area contributed by atoms with Gasteiger partial charge in [0.2, 0.25) is 5.69 Å². The molecule has 3 atom stereocenters. The van der Waals surface area contributed by atoms with Crippen molar-refractivity contribution in [1.29, 1.82) is 0 Å². The predicted octanol–water partition coefficient (Wildman–Crippen LogP) is 3.17. The van der Waals surface area contributed by atoms with Gasteiger partial charge >= 0.3 is 5.97 Å². The standard InChI is InChI=1S/C21H27N3O3/c1-5-23-14(3)11-12-16(23)13-15(4)24-18-10-8-7-9-17(18)22-19(20(24)25)21(26)27-6-2/h7-12,14-16H,5-6,13H2,1-4H3/t14-,15+,16+/m0/s1. The SMILES string of the molecule is CCOC(=O)c1nc2ccccc2n([C@H](C)C[C@H]2C=C[C@H](C)N2CC)c1=O. The van der Waals surface area contributed by atoms with E-state index >= 15 is 0 Å². The van der Waals surface area contributed by atoms with Crippen molar-refractivity contribution in [2.24, 2.45) is 0 Å². The molecule has 0 bridgehead atoms. The van der Waals surface area contributed by atoms with Gasteiger partial charge in [0.25, 0.3) is 5.56 Å². The lowest BCUT2D eigenvalue weighted by molar-refractivity contribution is 0.0516. The highest BCUT2D eigenvalue weighted by Crippen LogP contribution is 2.25. The predicted molar refractivity (Wildman–Crippen MR) is 106 cm³/mol. The average molecular weight is 369 g/mol. The topological polar surface area (TPSA) is 64.4 Å². The van der Waals surface area contributed by atoms with Crippen molar-refractivity contribution in [2.75, 3.05) is 13.2 Å². The normalized spacial score (nSPS) is 20.9. The van der Waals surface area contributed by atoms with Crippen LogP contribution < -0.4 is 5.56 Å². The molecule has 0 radical (unpaired) electrons. The Kier molecular flexibility index (Phi) is 5.75. The summed E-state index contributed by atoms with van der Waals surface area (Å²) in [7, 11) is 0. The summed E-state index contributed by atoms with van der Waals surface area (Å²) in [5.74, 6) is -0.668. The van der Waals surface area contributed by atoms with Gasteiger partial charge in [-0.2, -0.15) is 0 Å². The van der Waals surface area contributed by atoms with Crippen molar-refractivity contribution >= 4 is 17.0 Å². The van der Waals surface area contributed by atoms with Crippen LogP contribution in [0.25, 0.3) is 11.0 Å². The maximum absolute atomic E-state index is 13.1. The fraction of sp³-hybridized carbons (Fsp3) is 0.476. The average Bonchev–Trinajstić information content (AvgIpc) is 3.00. The molecule has 1 aliphatic rings. The number of aromatic nitrogens is 2. The third-order valence-electron chi connectivity index (χ3n) is 5.21. The zero-order chi connectivity index (χ0) is 19.6. The van der Waals surface area contributed by atoms with E-state index in [1.807, 2.05) is 31.2 Å². The van der Waals surface area contributed by atoms with E-state index in [9.17, 15) is 9.59 Å². The zero-order valence-electron chi connectivity index (χ0n) is 16.4. The Morgan fingerprint density at radius 3 is 2.70 bits per heavy atom. The van der Waals surface area contributed by atoms with Crippen molar-refractivity contribution in [1.82, 2.24) is 14.5 Å². The third-order valence-corrected chi connectivity index (χ3v) is 5.21. The van der Waals surface area contributed by atoms with E-state index in [0.29, 0.717) is 11.6 Å². The molecular weight excluding hydrogens is 342 g/mol. The molecule has 1 aromatic heterocycles. The molecule has 0 saturated carbocycles. The molecule has 0 unspecified atom stereocenters. The van der Waals surface area contributed by atoms with Crippen LogP contribution in [-0.4, -0.2) is 45.7 Å². The molecule has 3 rings (SSSR count). The number of hydrogen-bond acceptors (Lipinski definition) is 5. The quantitative estimate of drug-likeness (QED) is 0.578. The van der Waals surface area contributed by atoms with Crippen LogP contribution in [0, 0.1) is 0 Å². The minimum atomic E-state index is -0.668. The number of likely N-dealkylation sites (N-methyl/N-ethyl adjacent to an activating group) is 1. The second-order valence-corrected chi connectivity index (χ2v) is 6.95. The maximum atomic E-state index is 13.1. The Hall–Kier alpha value is -2.47. The Bertz CT molecular complexity index is 919. The number of rotatable bonds is 6. The van der Waals surface area contributed by atoms with Gasteiger partial charge in [0.05, 0.1) is 17.6 Å². The fourth-order valence-corrected chi connectivity index (χ4v) is 3.93. The van der Waals surface area contributed by atoms with Gasteiger partial charge in [0.1, 0.15) is 0 Å². The first-order valence-electron chi connectivity index (χ1n) is 9.60. The molecule has 0 N–H and O–H groups in total. The van der Waals surface area contributed by atoms with Gasteiger partial charge < -0.3 is 9.30 Å². The molecule has 2 heterocycles. The van der Waals surface area contributed by atoms with Crippen LogP contribution >= 0.6 is 0 Å². The molecule has 2 aromatic rings. The number of fused-ring (bicyclic) bond motifs is 1. The van der Waals surface area contributed by atoms with Crippen LogP contribution in [0.2, 0.25) is 0 Å². The molecule has 0 saturated heterocycles. The summed E-state index contributed by atoms with van der Waals surface area (Å²) in [6.45, 7) is 9.22. The Morgan fingerprint density at radius 1 is 1.26 bits per heavy atom. The van der Waals surface area contributed by atoms with E-state index < -0.39 is 11.5 Å². The summed E-state index contributed by atoms with van der Waals surface area (Å²) in [4.78, 5) is 32.0. The smallest absolute Gasteiger partial charge is 0.362 e. The molecule has 0 aliphatic carbocycles. The van der Waals surface area contributed by atoms with Crippen molar-refractivity contribution in [3.8, 4) is 0 Å². The number of para-hydroxylation sites is 2. The first-order valence-corrected chi connectivity index (χ1v) is 9.60. The van der Waals surface area contributed by atoms with Crippen molar-refractivity contribution in [3.63, 3.8) is 0 Å². The summed E-state index contributed by atoms with van der Waals surface area (Å²) in [6.07, 6.45) is 5.20. The summed E-state index contributed by atoms with van der Waals surface area (Å²) in [5, 5.41) is 0. The maximum Gasteiger partial charge on any atom is 0.362 e. The number of ether oxygens (including phenoxy) is 1. The Labute approximate surface area is 159 Å². The second kappa shape index (κ2) is 8.05. The molecule has 27 heavy (non-hydrogen) atoms. The van der Waals surface area contributed by atoms with Crippen molar-refractivity contribution in [2.45, 2.75) is 52.2 Å². The van der Waals surface area contributed by atoms with Gasteiger partial charge in [-0.15, -0.1) is 0 Å².